The average Bonchev–Trinajstić information content (AvgIpc) is 2.75. The number of aromatic amines is 1. The first-order chi connectivity index (χ1) is 8.77. The standard InChI is InChI=1S/C14H19N3O/c1-3-8-13-15-16-14(18)17(13)12(4-2)11-9-6-5-7-10-11/h5-7,9-10,12H,3-4,8H2,1-2H3,(H,16,18)/t12-/m0/s1. The summed E-state index contributed by atoms with van der Waals surface area (Å²) in [4.78, 5) is 11.9. The smallest absolute Gasteiger partial charge is 0.271 e. The highest BCUT2D eigenvalue weighted by molar-refractivity contribution is 5.20. The van der Waals surface area contributed by atoms with Crippen LogP contribution in [0.25, 0.3) is 0 Å². The topological polar surface area (TPSA) is 50.7 Å². The lowest BCUT2D eigenvalue weighted by atomic mass is 10.0. The van der Waals surface area contributed by atoms with Crippen molar-refractivity contribution in [2.45, 2.75) is 39.2 Å². The zero-order valence-corrected chi connectivity index (χ0v) is 10.9. The van der Waals surface area contributed by atoms with E-state index >= 15 is 0 Å². The summed E-state index contributed by atoms with van der Waals surface area (Å²) in [6, 6.07) is 10.2. The fraction of sp³-hybridized carbons (Fsp3) is 0.429. The number of hydrogen-bond donors (Lipinski definition) is 1. The summed E-state index contributed by atoms with van der Waals surface area (Å²) in [6.07, 6.45) is 2.68. The van der Waals surface area contributed by atoms with E-state index < -0.39 is 0 Å². The van der Waals surface area contributed by atoms with Gasteiger partial charge in [0.15, 0.2) is 0 Å². The third kappa shape index (κ3) is 2.37. The maximum Gasteiger partial charge on any atom is 0.343 e. The summed E-state index contributed by atoms with van der Waals surface area (Å²) in [6.45, 7) is 4.18. The molecule has 0 spiro atoms. The molecule has 1 atom stereocenters. The Labute approximate surface area is 107 Å². The Morgan fingerprint density at radius 3 is 2.61 bits per heavy atom. The van der Waals surface area contributed by atoms with Gasteiger partial charge in [-0.15, -0.1) is 0 Å². The summed E-state index contributed by atoms with van der Waals surface area (Å²) < 4.78 is 1.79. The lowest BCUT2D eigenvalue weighted by molar-refractivity contribution is 0.524. The molecule has 1 aromatic carbocycles. The van der Waals surface area contributed by atoms with Gasteiger partial charge in [-0.1, -0.05) is 44.2 Å². The van der Waals surface area contributed by atoms with E-state index in [1.807, 2.05) is 18.2 Å². The summed E-state index contributed by atoms with van der Waals surface area (Å²) in [5, 5.41) is 6.69. The first kappa shape index (κ1) is 12.6. The predicted octanol–water partition coefficient (Wildman–Crippen LogP) is 2.52. The van der Waals surface area contributed by atoms with Crippen LogP contribution in [-0.4, -0.2) is 14.8 Å². The molecule has 4 nitrogen and oxygen atoms in total. The number of nitrogens with zero attached hydrogens (tertiary/aromatic N) is 2. The largest absolute Gasteiger partial charge is 0.343 e. The molecule has 0 saturated carbocycles. The normalized spacial score (nSPS) is 12.6. The van der Waals surface area contributed by atoms with Crippen LogP contribution in [0.4, 0.5) is 0 Å². The predicted molar refractivity (Wildman–Crippen MR) is 71.7 cm³/mol. The molecule has 0 amide bonds. The molecule has 4 heteroatoms. The zero-order chi connectivity index (χ0) is 13.0. The lowest BCUT2D eigenvalue weighted by Gasteiger charge is -2.17. The lowest BCUT2D eigenvalue weighted by Crippen LogP contribution is -2.24. The van der Waals surface area contributed by atoms with Gasteiger partial charge in [0.2, 0.25) is 0 Å². The summed E-state index contributed by atoms with van der Waals surface area (Å²) in [7, 11) is 0. The third-order valence-corrected chi connectivity index (χ3v) is 3.13. The SMILES string of the molecule is CCCc1n[nH]c(=O)n1[C@@H](CC)c1ccccc1. The van der Waals surface area contributed by atoms with E-state index in [4.69, 9.17) is 0 Å². The van der Waals surface area contributed by atoms with Gasteiger partial charge in [-0.25, -0.2) is 9.89 Å². The van der Waals surface area contributed by atoms with Gasteiger partial charge in [0.05, 0.1) is 6.04 Å². The number of H-pyrrole nitrogens is 1. The summed E-state index contributed by atoms with van der Waals surface area (Å²) >= 11 is 0. The Morgan fingerprint density at radius 2 is 2.00 bits per heavy atom. The molecule has 0 radical (unpaired) electrons. The second kappa shape index (κ2) is 5.67. The molecule has 0 aliphatic heterocycles. The molecule has 18 heavy (non-hydrogen) atoms. The molecule has 0 aliphatic carbocycles. The fourth-order valence-corrected chi connectivity index (χ4v) is 2.30. The van der Waals surface area contributed by atoms with Gasteiger partial charge in [0.25, 0.3) is 0 Å². The summed E-state index contributed by atoms with van der Waals surface area (Å²) in [5.74, 6) is 0.846. The first-order valence-corrected chi connectivity index (χ1v) is 6.48. The molecular weight excluding hydrogens is 226 g/mol. The van der Waals surface area contributed by atoms with E-state index in [-0.39, 0.29) is 11.7 Å². The average molecular weight is 245 g/mol. The maximum atomic E-state index is 11.9. The van der Waals surface area contributed by atoms with Crippen molar-refractivity contribution in [3.05, 3.63) is 52.2 Å². The molecule has 1 N–H and O–H groups in total. The maximum absolute atomic E-state index is 11.9. The van der Waals surface area contributed by atoms with Crippen molar-refractivity contribution >= 4 is 0 Å². The highest BCUT2D eigenvalue weighted by atomic mass is 16.1. The van der Waals surface area contributed by atoms with Crippen LogP contribution < -0.4 is 5.69 Å². The molecule has 2 aromatic rings. The van der Waals surface area contributed by atoms with Gasteiger partial charge >= 0.3 is 5.69 Å². The molecule has 0 saturated heterocycles. The van der Waals surface area contributed by atoms with Gasteiger partial charge in [-0.3, -0.25) is 4.57 Å². The van der Waals surface area contributed by atoms with Gasteiger partial charge in [0, 0.05) is 6.42 Å². The quantitative estimate of drug-likeness (QED) is 0.880. The number of hydrogen-bond acceptors (Lipinski definition) is 2. The zero-order valence-electron chi connectivity index (χ0n) is 10.9. The van der Waals surface area contributed by atoms with Crippen LogP contribution >= 0.6 is 0 Å². The highest BCUT2D eigenvalue weighted by Crippen LogP contribution is 2.21. The fourth-order valence-electron chi connectivity index (χ4n) is 2.30. The van der Waals surface area contributed by atoms with Gasteiger partial charge in [0.1, 0.15) is 5.82 Å². The molecule has 2 rings (SSSR count). The molecule has 1 heterocycles. The monoisotopic (exact) mass is 245 g/mol. The van der Waals surface area contributed by atoms with Crippen molar-refractivity contribution in [3.8, 4) is 0 Å². The minimum atomic E-state index is -0.117. The van der Waals surface area contributed by atoms with Crippen LogP contribution in [0.15, 0.2) is 35.1 Å². The van der Waals surface area contributed by atoms with Crippen molar-refractivity contribution in [2.75, 3.05) is 0 Å². The third-order valence-electron chi connectivity index (χ3n) is 3.13. The number of aromatic nitrogens is 3. The van der Waals surface area contributed by atoms with Crippen LogP contribution in [0.2, 0.25) is 0 Å². The van der Waals surface area contributed by atoms with E-state index in [0.29, 0.717) is 0 Å². The molecule has 1 aromatic heterocycles. The van der Waals surface area contributed by atoms with Crippen LogP contribution in [0.1, 0.15) is 44.1 Å². The van der Waals surface area contributed by atoms with Crippen molar-refractivity contribution in [2.24, 2.45) is 0 Å². The van der Waals surface area contributed by atoms with Crippen molar-refractivity contribution in [1.29, 1.82) is 0 Å². The van der Waals surface area contributed by atoms with Crippen molar-refractivity contribution in [1.82, 2.24) is 14.8 Å². The van der Waals surface area contributed by atoms with Crippen molar-refractivity contribution in [3.63, 3.8) is 0 Å². The minimum absolute atomic E-state index is 0.0685. The number of nitrogens with one attached hydrogen (secondary N) is 1. The van der Waals surface area contributed by atoms with Gasteiger partial charge in [-0.05, 0) is 18.4 Å². The van der Waals surface area contributed by atoms with Crippen LogP contribution in [0.3, 0.4) is 0 Å². The minimum Gasteiger partial charge on any atom is -0.271 e. The molecule has 0 unspecified atom stereocenters. The summed E-state index contributed by atoms with van der Waals surface area (Å²) in [5.41, 5.74) is 1.04. The highest BCUT2D eigenvalue weighted by Gasteiger charge is 2.18. The van der Waals surface area contributed by atoms with Crippen LogP contribution in [-0.2, 0) is 6.42 Å². The molecule has 0 bridgehead atoms. The molecular formula is C14H19N3O. The van der Waals surface area contributed by atoms with Crippen LogP contribution in [0, 0.1) is 0 Å². The number of aryl methyl sites for hydroxylation is 1. The number of benzene rings is 1. The molecule has 0 aliphatic rings. The van der Waals surface area contributed by atoms with E-state index in [9.17, 15) is 4.79 Å². The Kier molecular flexibility index (Phi) is 3.97. The van der Waals surface area contributed by atoms with Crippen LogP contribution in [0.5, 0.6) is 0 Å². The molecule has 0 fully saturated rings. The second-order valence-electron chi connectivity index (χ2n) is 4.40. The number of rotatable bonds is 5. The second-order valence-corrected chi connectivity index (χ2v) is 4.40. The van der Waals surface area contributed by atoms with Crippen molar-refractivity contribution < 1.29 is 0 Å². The van der Waals surface area contributed by atoms with E-state index in [1.54, 1.807) is 4.57 Å². The van der Waals surface area contributed by atoms with E-state index in [0.717, 1.165) is 30.7 Å². The Balaban J connectivity index is 2.45. The Morgan fingerprint density at radius 1 is 1.28 bits per heavy atom. The van der Waals surface area contributed by atoms with Gasteiger partial charge in [-0.2, -0.15) is 5.10 Å². The van der Waals surface area contributed by atoms with E-state index in [2.05, 4.69) is 36.2 Å². The van der Waals surface area contributed by atoms with E-state index in [1.165, 1.54) is 0 Å². The van der Waals surface area contributed by atoms with Gasteiger partial charge < -0.3 is 0 Å². The Bertz CT molecular complexity index is 542. The first-order valence-electron chi connectivity index (χ1n) is 6.48. The Hall–Kier alpha value is -1.84. The molecule has 96 valence electrons.